The first-order valence-electron chi connectivity index (χ1n) is 7.25. The molecule has 0 fully saturated rings. The van der Waals surface area contributed by atoms with E-state index >= 15 is 0 Å². The number of benzene rings is 1. The van der Waals surface area contributed by atoms with E-state index < -0.39 is 6.04 Å². The maximum absolute atomic E-state index is 12.6. The second-order valence-electron chi connectivity index (χ2n) is 5.14. The molecule has 3 aromatic rings. The maximum atomic E-state index is 12.6. The van der Waals surface area contributed by atoms with Crippen molar-refractivity contribution in [3.05, 3.63) is 70.2 Å². The van der Waals surface area contributed by atoms with Crippen LogP contribution in [-0.4, -0.2) is 36.1 Å². The number of carbonyl (C=O) groups is 1. The standard InChI is InChI=1S/C15H15N7O2/c1-10-18-12(7-13(23)19-10)8-16-15(24)14(22-9-17-20-21-22)11-5-3-2-4-6-11/h2-7,9,14H,8H2,1H3,(H,16,24)(H,18,19,23)/t14-/m0/s1. The van der Waals surface area contributed by atoms with Gasteiger partial charge in [0.25, 0.3) is 5.56 Å². The number of hydrogen-bond acceptors (Lipinski definition) is 6. The predicted octanol–water partition coefficient (Wildman–Crippen LogP) is -0.0294. The van der Waals surface area contributed by atoms with Gasteiger partial charge in [-0.25, -0.2) is 9.67 Å². The Morgan fingerprint density at radius 2 is 2.12 bits per heavy atom. The summed E-state index contributed by atoms with van der Waals surface area (Å²) in [6.07, 6.45) is 1.38. The van der Waals surface area contributed by atoms with E-state index in [0.717, 1.165) is 5.56 Å². The van der Waals surface area contributed by atoms with Crippen LogP contribution in [-0.2, 0) is 11.3 Å². The van der Waals surface area contributed by atoms with Crippen molar-refractivity contribution >= 4 is 5.91 Å². The minimum atomic E-state index is -0.704. The van der Waals surface area contributed by atoms with Crippen LogP contribution in [0.5, 0.6) is 0 Å². The van der Waals surface area contributed by atoms with E-state index in [-0.39, 0.29) is 18.0 Å². The Bertz CT molecular complexity index is 874. The molecule has 0 saturated carbocycles. The van der Waals surface area contributed by atoms with Gasteiger partial charge in [-0.05, 0) is 22.9 Å². The number of H-pyrrole nitrogens is 1. The van der Waals surface area contributed by atoms with E-state index in [1.54, 1.807) is 6.92 Å². The average molecular weight is 325 g/mol. The molecule has 3 rings (SSSR count). The van der Waals surface area contributed by atoms with Crippen molar-refractivity contribution in [2.45, 2.75) is 19.5 Å². The quantitative estimate of drug-likeness (QED) is 0.680. The van der Waals surface area contributed by atoms with Crippen LogP contribution in [0.25, 0.3) is 0 Å². The Kier molecular flexibility index (Phi) is 4.41. The van der Waals surface area contributed by atoms with Crippen molar-refractivity contribution in [1.82, 2.24) is 35.5 Å². The number of aryl methyl sites for hydroxylation is 1. The van der Waals surface area contributed by atoms with Crippen molar-refractivity contribution in [2.24, 2.45) is 0 Å². The lowest BCUT2D eigenvalue weighted by Gasteiger charge is -2.16. The molecule has 0 aliphatic carbocycles. The molecule has 1 amide bonds. The highest BCUT2D eigenvalue weighted by Gasteiger charge is 2.23. The Morgan fingerprint density at radius 1 is 1.33 bits per heavy atom. The molecule has 1 atom stereocenters. The van der Waals surface area contributed by atoms with Gasteiger partial charge in [-0.1, -0.05) is 30.3 Å². The van der Waals surface area contributed by atoms with Gasteiger partial charge < -0.3 is 10.3 Å². The smallest absolute Gasteiger partial charge is 0.251 e. The molecule has 2 aromatic heterocycles. The zero-order chi connectivity index (χ0) is 16.9. The molecule has 1 aromatic carbocycles. The number of carbonyl (C=O) groups excluding carboxylic acids is 1. The number of hydrogen-bond donors (Lipinski definition) is 2. The first-order chi connectivity index (χ1) is 11.6. The number of rotatable bonds is 5. The molecule has 122 valence electrons. The first kappa shape index (κ1) is 15.5. The normalized spacial score (nSPS) is 11.9. The van der Waals surface area contributed by atoms with Gasteiger partial charge in [0.2, 0.25) is 5.91 Å². The highest BCUT2D eigenvalue weighted by atomic mass is 16.2. The van der Waals surface area contributed by atoms with E-state index in [2.05, 4.69) is 30.8 Å². The zero-order valence-corrected chi connectivity index (χ0v) is 12.9. The molecule has 2 heterocycles. The highest BCUT2D eigenvalue weighted by Crippen LogP contribution is 2.16. The maximum Gasteiger partial charge on any atom is 0.251 e. The minimum absolute atomic E-state index is 0.134. The summed E-state index contributed by atoms with van der Waals surface area (Å²) in [7, 11) is 0. The molecular formula is C15H15N7O2. The number of tetrazole rings is 1. The van der Waals surface area contributed by atoms with Gasteiger partial charge in [0, 0.05) is 6.07 Å². The molecule has 0 unspecified atom stereocenters. The predicted molar refractivity (Wildman–Crippen MR) is 83.8 cm³/mol. The number of amides is 1. The van der Waals surface area contributed by atoms with Gasteiger partial charge in [0.05, 0.1) is 12.2 Å². The summed E-state index contributed by atoms with van der Waals surface area (Å²) < 4.78 is 1.38. The van der Waals surface area contributed by atoms with Crippen molar-refractivity contribution in [3.8, 4) is 0 Å². The molecule has 9 nitrogen and oxygen atoms in total. The van der Waals surface area contributed by atoms with E-state index in [0.29, 0.717) is 11.5 Å². The van der Waals surface area contributed by atoms with Crippen LogP contribution in [0.4, 0.5) is 0 Å². The summed E-state index contributed by atoms with van der Waals surface area (Å²) in [6.45, 7) is 1.82. The van der Waals surface area contributed by atoms with Crippen molar-refractivity contribution in [2.75, 3.05) is 0 Å². The molecule has 24 heavy (non-hydrogen) atoms. The Hall–Kier alpha value is -3.36. The SMILES string of the molecule is Cc1nc(CNC(=O)[C@H](c2ccccc2)n2cnnn2)cc(=O)[nH]1. The van der Waals surface area contributed by atoms with Gasteiger partial charge in [-0.3, -0.25) is 9.59 Å². The van der Waals surface area contributed by atoms with Gasteiger partial charge in [-0.2, -0.15) is 0 Å². The van der Waals surface area contributed by atoms with Crippen molar-refractivity contribution in [1.29, 1.82) is 0 Å². The Balaban J connectivity index is 1.81. The highest BCUT2D eigenvalue weighted by molar-refractivity contribution is 5.83. The summed E-state index contributed by atoms with van der Waals surface area (Å²) in [6, 6.07) is 9.82. The van der Waals surface area contributed by atoms with Crippen LogP contribution < -0.4 is 10.9 Å². The largest absolute Gasteiger partial charge is 0.348 e. The fourth-order valence-electron chi connectivity index (χ4n) is 2.35. The molecule has 0 radical (unpaired) electrons. The molecular weight excluding hydrogens is 310 g/mol. The third-order valence-corrected chi connectivity index (χ3v) is 3.35. The van der Waals surface area contributed by atoms with E-state index in [4.69, 9.17) is 0 Å². The fraction of sp³-hybridized carbons (Fsp3) is 0.200. The summed E-state index contributed by atoms with van der Waals surface area (Å²) in [4.78, 5) is 30.8. The summed E-state index contributed by atoms with van der Waals surface area (Å²) >= 11 is 0. The molecule has 0 aliphatic rings. The van der Waals surface area contributed by atoms with Gasteiger partial charge in [0.1, 0.15) is 12.2 Å². The van der Waals surface area contributed by atoms with Crippen molar-refractivity contribution < 1.29 is 4.79 Å². The van der Waals surface area contributed by atoms with Crippen molar-refractivity contribution in [3.63, 3.8) is 0 Å². The molecule has 9 heteroatoms. The molecule has 0 saturated heterocycles. The lowest BCUT2D eigenvalue weighted by Crippen LogP contribution is -2.34. The minimum Gasteiger partial charge on any atom is -0.348 e. The summed E-state index contributed by atoms with van der Waals surface area (Å²) in [5, 5.41) is 13.8. The summed E-state index contributed by atoms with van der Waals surface area (Å²) in [5.74, 6) is 0.195. The van der Waals surface area contributed by atoms with Crippen LogP contribution in [0.15, 0.2) is 47.5 Å². The number of nitrogens with zero attached hydrogens (tertiary/aromatic N) is 5. The average Bonchev–Trinajstić information content (AvgIpc) is 3.07. The van der Waals surface area contributed by atoms with Gasteiger partial charge in [0.15, 0.2) is 6.04 Å². The fourth-order valence-corrected chi connectivity index (χ4v) is 2.35. The lowest BCUT2D eigenvalue weighted by molar-refractivity contribution is -0.123. The van der Waals surface area contributed by atoms with E-state index in [9.17, 15) is 9.59 Å². The van der Waals surface area contributed by atoms with Crippen LogP contribution in [0.1, 0.15) is 23.1 Å². The molecule has 0 aliphatic heterocycles. The molecule has 0 spiro atoms. The number of aromatic amines is 1. The zero-order valence-electron chi connectivity index (χ0n) is 12.9. The van der Waals surface area contributed by atoms with Crippen LogP contribution in [0, 0.1) is 6.92 Å². The third-order valence-electron chi connectivity index (χ3n) is 3.35. The second-order valence-corrected chi connectivity index (χ2v) is 5.14. The van der Waals surface area contributed by atoms with Gasteiger partial charge >= 0.3 is 0 Å². The van der Waals surface area contributed by atoms with E-state index in [1.807, 2.05) is 30.3 Å². The third kappa shape index (κ3) is 3.51. The van der Waals surface area contributed by atoms with E-state index in [1.165, 1.54) is 17.1 Å². The lowest BCUT2D eigenvalue weighted by atomic mass is 10.1. The van der Waals surface area contributed by atoms with Crippen LogP contribution in [0.3, 0.4) is 0 Å². The Labute approximate surface area is 136 Å². The summed E-state index contributed by atoms with van der Waals surface area (Å²) in [5.41, 5.74) is 0.970. The van der Waals surface area contributed by atoms with Crippen LogP contribution in [0.2, 0.25) is 0 Å². The number of nitrogens with one attached hydrogen (secondary N) is 2. The van der Waals surface area contributed by atoms with Gasteiger partial charge in [-0.15, -0.1) is 5.10 Å². The molecule has 2 N–H and O–H groups in total. The second kappa shape index (κ2) is 6.82. The monoisotopic (exact) mass is 325 g/mol. The Morgan fingerprint density at radius 3 is 2.79 bits per heavy atom. The topological polar surface area (TPSA) is 118 Å². The molecule has 0 bridgehead atoms. The number of aromatic nitrogens is 6. The van der Waals surface area contributed by atoms with Crippen LogP contribution >= 0.6 is 0 Å². The first-order valence-corrected chi connectivity index (χ1v) is 7.25.